The van der Waals surface area contributed by atoms with Crippen LogP contribution in [-0.4, -0.2) is 6.61 Å². The zero-order chi connectivity index (χ0) is 9.47. The molecule has 2 rings (SSSR count). The average Bonchev–Trinajstić information content (AvgIpc) is 2.63. The van der Waals surface area contributed by atoms with Crippen LogP contribution in [0.2, 0.25) is 0 Å². The van der Waals surface area contributed by atoms with E-state index in [1.54, 1.807) is 0 Å². The van der Waals surface area contributed by atoms with Gasteiger partial charge in [0.25, 0.3) is 0 Å². The van der Waals surface area contributed by atoms with E-state index in [1.165, 1.54) is 12.8 Å². The summed E-state index contributed by atoms with van der Waals surface area (Å²) in [5, 5.41) is 0. The van der Waals surface area contributed by atoms with Crippen molar-refractivity contribution in [3.8, 4) is 0 Å². The highest BCUT2D eigenvalue weighted by molar-refractivity contribution is 5.12. The monoisotopic (exact) mass is 181 g/mol. The molecule has 2 aliphatic carbocycles. The standard InChI is InChI=1S/C11H19NO/c1-11(2,7-13-12)10-6-8-3-4-9(10)5-8/h3-4,8-10H,5-7,12H2,1-2H3. The van der Waals surface area contributed by atoms with Crippen molar-refractivity contribution in [1.82, 2.24) is 0 Å². The molecular weight excluding hydrogens is 162 g/mol. The van der Waals surface area contributed by atoms with Crippen LogP contribution in [0.5, 0.6) is 0 Å². The molecule has 0 amide bonds. The topological polar surface area (TPSA) is 35.2 Å². The molecule has 74 valence electrons. The summed E-state index contributed by atoms with van der Waals surface area (Å²) in [6.07, 6.45) is 7.45. The first kappa shape index (κ1) is 9.22. The Balaban J connectivity index is 2.05. The highest BCUT2D eigenvalue weighted by Gasteiger charge is 2.43. The van der Waals surface area contributed by atoms with Gasteiger partial charge in [-0.25, -0.2) is 5.90 Å². The molecule has 1 fully saturated rings. The van der Waals surface area contributed by atoms with Crippen molar-refractivity contribution < 1.29 is 4.84 Å². The lowest BCUT2D eigenvalue weighted by Crippen LogP contribution is -2.33. The van der Waals surface area contributed by atoms with E-state index in [4.69, 9.17) is 10.7 Å². The molecule has 1 saturated carbocycles. The van der Waals surface area contributed by atoms with Crippen molar-refractivity contribution in [2.75, 3.05) is 6.61 Å². The Morgan fingerprint density at radius 1 is 1.38 bits per heavy atom. The molecule has 0 radical (unpaired) electrons. The molecule has 2 aliphatic rings. The van der Waals surface area contributed by atoms with Crippen LogP contribution >= 0.6 is 0 Å². The molecule has 3 atom stereocenters. The smallest absolute Gasteiger partial charge is 0.0733 e. The lowest BCUT2D eigenvalue weighted by atomic mass is 9.72. The summed E-state index contributed by atoms with van der Waals surface area (Å²) in [5.41, 5.74) is 0.235. The molecule has 3 unspecified atom stereocenters. The first-order chi connectivity index (χ1) is 6.13. The molecule has 2 heteroatoms. The second-order valence-corrected chi connectivity index (χ2v) is 5.19. The minimum absolute atomic E-state index is 0.235. The average molecular weight is 181 g/mol. The van der Waals surface area contributed by atoms with Crippen molar-refractivity contribution >= 4 is 0 Å². The largest absolute Gasteiger partial charge is 0.304 e. The molecule has 0 spiro atoms. The first-order valence-electron chi connectivity index (χ1n) is 5.13. The molecule has 13 heavy (non-hydrogen) atoms. The Morgan fingerprint density at radius 2 is 2.15 bits per heavy atom. The molecule has 2 N–H and O–H groups in total. The second-order valence-electron chi connectivity index (χ2n) is 5.19. The number of rotatable bonds is 3. The fraction of sp³-hybridized carbons (Fsp3) is 0.818. The van der Waals surface area contributed by atoms with Gasteiger partial charge in [-0.15, -0.1) is 0 Å². The van der Waals surface area contributed by atoms with E-state index < -0.39 is 0 Å². The summed E-state index contributed by atoms with van der Waals surface area (Å²) >= 11 is 0. The van der Waals surface area contributed by atoms with Gasteiger partial charge in [-0.05, 0) is 36.0 Å². The summed E-state index contributed by atoms with van der Waals surface area (Å²) in [6.45, 7) is 5.20. The van der Waals surface area contributed by atoms with Gasteiger partial charge < -0.3 is 4.84 Å². The normalized spacial score (nSPS) is 37.3. The Bertz CT molecular complexity index is 222. The lowest BCUT2D eigenvalue weighted by Gasteiger charge is -2.34. The van der Waals surface area contributed by atoms with Gasteiger partial charge in [0.15, 0.2) is 0 Å². The predicted octanol–water partition coefficient (Wildman–Crippen LogP) is 2.12. The highest BCUT2D eigenvalue weighted by Crippen LogP contribution is 2.50. The number of hydrogen-bond donors (Lipinski definition) is 1. The Labute approximate surface area is 80.1 Å². The van der Waals surface area contributed by atoms with Crippen LogP contribution in [0.4, 0.5) is 0 Å². The molecule has 2 nitrogen and oxygen atoms in total. The van der Waals surface area contributed by atoms with E-state index in [2.05, 4.69) is 26.0 Å². The Hall–Kier alpha value is -0.340. The third kappa shape index (κ3) is 1.53. The maximum absolute atomic E-state index is 5.16. The van der Waals surface area contributed by atoms with E-state index in [1.807, 2.05) is 0 Å². The van der Waals surface area contributed by atoms with Crippen LogP contribution in [0.1, 0.15) is 26.7 Å². The molecular formula is C11H19NO. The van der Waals surface area contributed by atoms with E-state index >= 15 is 0 Å². The summed E-state index contributed by atoms with van der Waals surface area (Å²) in [5.74, 6) is 7.56. The van der Waals surface area contributed by atoms with Crippen molar-refractivity contribution in [2.45, 2.75) is 26.7 Å². The van der Waals surface area contributed by atoms with Gasteiger partial charge in [0.2, 0.25) is 0 Å². The van der Waals surface area contributed by atoms with E-state index in [9.17, 15) is 0 Å². The van der Waals surface area contributed by atoms with Crippen molar-refractivity contribution in [1.29, 1.82) is 0 Å². The number of allylic oxidation sites excluding steroid dienone is 2. The van der Waals surface area contributed by atoms with Crippen molar-refractivity contribution in [2.24, 2.45) is 29.1 Å². The zero-order valence-corrected chi connectivity index (χ0v) is 8.49. The lowest BCUT2D eigenvalue weighted by molar-refractivity contribution is 0.0200. The molecule has 0 heterocycles. The van der Waals surface area contributed by atoms with Gasteiger partial charge in [0, 0.05) is 0 Å². The summed E-state index contributed by atoms with van der Waals surface area (Å²) in [6, 6.07) is 0. The SMILES string of the molecule is CC(C)(CON)C1CC2C=CC1C2. The predicted molar refractivity (Wildman–Crippen MR) is 52.8 cm³/mol. The van der Waals surface area contributed by atoms with E-state index in [0.29, 0.717) is 6.61 Å². The van der Waals surface area contributed by atoms with Crippen LogP contribution < -0.4 is 5.90 Å². The summed E-state index contributed by atoms with van der Waals surface area (Å²) < 4.78 is 0. The van der Waals surface area contributed by atoms with Crippen LogP contribution in [-0.2, 0) is 4.84 Å². The van der Waals surface area contributed by atoms with Gasteiger partial charge in [0.05, 0.1) is 6.61 Å². The number of hydrogen-bond acceptors (Lipinski definition) is 2. The zero-order valence-electron chi connectivity index (χ0n) is 8.49. The van der Waals surface area contributed by atoms with Crippen LogP contribution in [0.3, 0.4) is 0 Å². The van der Waals surface area contributed by atoms with Crippen LogP contribution in [0, 0.1) is 23.2 Å². The molecule has 0 aliphatic heterocycles. The van der Waals surface area contributed by atoms with Crippen LogP contribution in [0.15, 0.2) is 12.2 Å². The minimum Gasteiger partial charge on any atom is -0.304 e. The number of fused-ring (bicyclic) bond motifs is 2. The molecule has 0 saturated heterocycles. The number of nitrogens with two attached hydrogens (primary N) is 1. The fourth-order valence-electron chi connectivity index (χ4n) is 3.00. The Kier molecular flexibility index (Phi) is 2.20. The maximum atomic E-state index is 5.16. The molecule has 0 aromatic rings. The Morgan fingerprint density at radius 3 is 2.62 bits per heavy atom. The molecule has 0 aromatic heterocycles. The third-order valence-corrected chi connectivity index (χ3v) is 3.74. The van der Waals surface area contributed by atoms with Gasteiger partial charge in [0.1, 0.15) is 0 Å². The van der Waals surface area contributed by atoms with Crippen molar-refractivity contribution in [3.05, 3.63) is 12.2 Å². The second kappa shape index (κ2) is 3.10. The quantitative estimate of drug-likeness (QED) is 0.534. The first-order valence-corrected chi connectivity index (χ1v) is 5.13. The van der Waals surface area contributed by atoms with Gasteiger partial charge in [-0.3, -0.25) is 0 Å². The molecule has 0 aromatic carbocycles. The summed E-state index contributed by atoms with van der Waals surface area (Å²) in [4.78, 5) is 4.80. The summed E-state index contributed by atoms with van der Waals surface area (Å²) in [7, 11) is 0. The van der Waals surface area contributed by atoms with Crippen molar-refractivity contribution in [3.63, 3.8) is 0 Å². The maximum Gasteiger partial charge on any atom is 0.0733 e. The molecule has 2 bridgehead atoms. The third-order valence-electron chi connectivity index (χ3n) is 3.74. The van der Waals surface area contributed by atoms with Crippen LogP contribution in [0.25, 0.3) is 0 Å². The minimum atomic E-state index is 0.235. The highest BCUT2D eigenvalue weighted by atomic mass is 16.6. The van der Waals surface area contributed by atoms with Gasteiger partial charge in [-0.2, -0.15) is 0 Å². The van der Waals surface area contributed by atoms with Gasteiger partial charge in [-0.1, -0.05) is 26.0 Å². The van der Waals surface area contributed by atoms with Gasteiger partial charge >= 0.3 is 0 Å². The fourth-order valence-corrected chi connectivity index (χ4v) is 3.00. The van der Waals surface area contributed by atoms with E-state index in [-0.39, 0.29) is 5.41 Å². The van der Waals surface area contributed by atoms with E-state index in [0.717, 1.165) is 17.8 Å².